The summed E-state index contributed by atoms with van der Waals surface area (Å²) in [5, 5.41) is 27.2. The van der Waals surface area contributed by atoms with Crippen molar-refractivity contribution in [3.05, 3.63) is 64.7 Å². The summed E-state index contributed by atoms with van der Waals surface area (Å²) in [6.45, 7) is 4.05. The lowest BCUT2D eigenvalue weighted by atomic mass is 9.53. The van der Waals surface area contributed by atoms with E-state index in [1.165, 1.54) is 21.3 Å². The van der Waals surface area contributed by atoms with Gasteiger partial charge in [-0.1, -0.05) is 36.4 Å². The third-order valence-corrected chi connectivity index (χ3v) is 8.27. The van der Waals surface area contributed by atoms with Gasteiger partial charge in [0.2, 0.25) is 5.91 Å². The first-order valence-electron chi connectivity index (χ1n) is 13.5. The first-order chi connectivity index (χ1) is 18.8. The molecule has 4 rings (SSSR count). The van der Waals surface area contributed by atoms with E-state index in [1.807, 2.05) is 18.2 Å². The summed E-state index contributed by atoms with van der Waals surface area (Å²) in [6.07, 6.45) is 0.756. The lowest BCUT2D eigenvalue weighted by Crippen LogP contribution is -2.79. The summed E-state index contributed by atoms with van der Waals surface area (Å²) < 4.78 is 5.50. The van der Waals surface area contributed by atoms with Gasteiger partial charge in [-0.05, 0) is 35.1 Å². The maximum atomic E-state index is 12.9. The van der Waals surface area contributed by atoms with Gasteiger partial charge in [-0.15, -0.1) is 0 Å². The molecule has 0 spiro atoms. The number of benzene rings is 2. The van der Waals surface area contributed by atoms with E-state index in [1.54, 1.807) is 24.1 Å². The topological polar surface area (TPSA) is 131 Å². The largest absolute Gasteiger partial charge is 0.394 e. The Morgan fingerprint density at radius 2 is 1.82 bits per heavy atom. The summed E-state index contributed by atoms with van der Waals surface area (Å²) in [7, 11) is 8.21. The van der Waals surface area contributed by atoms with Crippen molar-refractivity contribution in [2.75, 3.05) is 38.7 Å². The number of anilines is 1. The molecule has 2 heterocycles. The summed E-state index contributed by atoms with van der Waals surface area (Å²) in [6, 6.07) is 12.4. The number of nitrogens with one attached hydrogen (secondary N) is 2. The molecule has 4 N–H and O–H groups in total. The van der Waals surface area contributed by atoms with Crippen LogP contribution in [0.3, 0.4) is 0 Å². The van der Waals surface area contributed by atoms with E-state index in [4.69, 9.17) is 4.74 Å². The third-order valence-electron chi connectivity index (χ3n) is 8.27. The molecule has 10 nitrogen and oxygen atoms in total. The van der Waals surface area contributed by atoms with Crippen LogP contribution in [0.2, 0.25) is 0 Å². The Kier molecular flexibility index (Phi) is 8.68. The van der Waals surface area contributed by atoms with Gasteiger partial charge in [0.1, 0.15) is 41.4 Å². The van der Waals surface area contributed by atoms with Crippen LogP contribution in [0, 0.1) is 0 Å². The van der Waals surface area contributed by atoms with E-state index < -0.39 is 34.2 Å². The molecule has 0 aromatic heterocycles. The second-order valence-corrected chi connectivity index (χ2v) is 11.6. The number of ether oxygens (including phenoxy) is 1. The molecule has 3 unspecified atom stereocenters. The minimum Gasteiger partial charge on any atom is -0.394 e. The molecule has 2 saturated heterocycles. The molecule has 0 saturated carbocycles. The number of likely N-dealkylation sites (N-methyl/N-ethyl adjacent to an activating group) is 1. The lowest BCUT2D eigenvalue weighted by molar-refractivity contribution is -0.168. The maximum Gasteiger partial charge on any atom is 0.251 e. The summed E-state index contributed by atoms with van der Waals surface area (Å²) >= 11 is 0. The molecule has 0 bridgehead atoms. The fourth-order valence-corrected chi connectivity index (χ4v) is 5.70. The molecule has 208 valence electrons. The summed E-state index contributed by atoms with van der Waals surface area (Å²) in [5.74, 6) is -1.68. The Hall–Kier alpha value is -2.89. The number of hydrogen-bond acceptors (Lipinski definition) is 9. The van der Waals surface area contributed by atoms with Gasteiger partial charge in [0.05, 0.1) is 18.7 Å². The van der Waals surface area contributed by atoms with E-state index in [0.717, 1.165) is 31.5 Å². The van der Waals surface area contributed by atoms with E-state index in [9.17, 15) is 24.6 Å². The highest BCUT2D eigenvalue weighted by Gasteiger charge is 2.59. The van der Waals surface area contributed by atoms with Crippen molar-refractivity contribution in [1.82, 2.24) is 15.1 Å². The van der Waals surface area contributed by atoms with Crippen molar-refractivity contribution in [2.24, 2.45) is 0 Å². The average molecular weight is 544 g/mol. The monoisotopic (exact) mass is 544 g/mol. The Bertz CT molecular complexity index is 1290. The molecule has 2 amide bonds. The molecule has 2 aliphatic rings. The van der Waals surface area contributed by atoms with Crippen LogP contribution in [-0.2, 0) is 32.8 Å². The standard InChI is InChI=1S/C26H36B4N4O6/c1-33(21-22(36)31-23(37)25(28,39)24(21,27)38)14-18-17(15-35)6-4-8-20(18)32-26(29,30)19-7-3-2-5-16(19)13-34-9-11-40-12-10-34/h2-8,15,21,32,38-39H,9-14,27-30H2,1H3,(H,31,36,37). The van der Waals surface area contributed by atoms with Crippen molar-refractivity contribution >= 4 is 55.2 Å². The fourth-order valence-electron chi connectivity index (χ4n) is 5.70. The Morgan fingerprint density at radius 1 is 1.15 bits per heavy atom. The second-order valence-electron chi connectivity index (χ2n) is 11.6. The maximum absolute atomic E-state index is 12.9. The van der Waals surface area contributed by atoms with Gasteiger partial charge in [-0.3, -0.25) is 29.5 Å². The highest BCUT2D eigenvalue weighted by Crippen LogP contribution is 2.32. The van der Waals surface area contributed by atoms with Crippen LogP contribution in [0.1, 0.15) is 27.0 Å². The number of nitrogens with zero attached hydrogens (tertiary/aromatic N) is 2. The van der Waals surface area contributed by atoms with Gasteiger partial charge >= 0.3 is 0 Å². The van der Waals surface area contributed by atoms with Crippen LogP contribution < -0.4 is 10.6 Å². The molecule has 0 radical (unpaired) electrons. The number of rotatable bonds is 9. The van der Waals surface area contributed by atoms with E-state index in [0.29, 0.717) is 30.0 Å². The quantitative estimate of drug-likeness (QED) is 0.142. The van der Waals surface area contributed by atoms with Gasteiger partial charge in [0.15, 0.2) is 7.85 Å². The van der Waals surface area contributed by atoms with Crippen LogP contribution in [0.5, 0.6) is 0 Å². The van der Waals surface area contributed by atoms with Crippen molar-refractivity contribution in [1.29, 1.82) is 0 Å². The van der Waals surface area contributed by atoms with Gasteiger partial charge in [0, 0.05) is 37.4 Å². The summed E-state index contributed by atoms with van der Waals surface area (Å²) in [4.78, 5) is 41.1. The van der Waals surface area contributed by atoms with Gasteiger partial charge < -0.3 is 20.3 Å². The first kappa shape index (κ1) is 30.1. The predicted molar refractivity (Wildman–Crippen MR) is 162 cm³/mol. The van der Waals surface area contributed by atoms with E-state index in [-0.39, 0.29) is 6.54 Å². The van der Waals surface area contributed by atoms with E-state index in [2.05, 4.69) is 43.4 Å². The van der Waals surface area contributed by atoms with E-state index >= 15 is 0 Å². The minimum absolute atomic E-state index is 0.0846. The molecule has 40 heavy (non-hydrogen) atoms. The molecule has 2 aliphatic heterocycles. The average Bonchev–Trinajstić information content (AvgIpc) is 2.89. The Morgan fingerprint density at radius 3 is 2.50 bits per heavy atom. The van der Waals surface area contributed by atoms with Crippen LogP contribution in [0.15, 0.2) is 42.5 Å². The number of aliphatic hydroxyl groups is 2. The summed E-state index contributed by atoms with van der Waals surface area (Å²) in [5.41, 5.74) is -0.233. The van der Waals surface area contributed by atoms with Gasteiger partial charge in [-0.25, -0.2) is 0 Å². The van der Waals surface area contributed by atoms with Crippen LogP contribution in [0.4, 0.5) is 5.69 Å². The Labute approximate surface area is 238 Å². The highest BCUT2D eigenvalue weighted by molar-refractivity contribution is 6.41. The second kappa shape index (κ2) is 11.5. The molecule has 2 fully saturated rings. The number of carbonyl (C=O) groups excluding carboxylic acids is 3. The van der Waals surface area contributed by atoms with Gasteiger partial charge in [0.25, 0.3) is 5.91 Å². The predicted octanol–water partition coefficient (Wildman–Crippen LogP) is -4.08. The molecule has 2 aromatic rings. The molecule has 0 aliphatic carbocycles. The Balaban J connectivity index is 1.64. The first-order valence-corrected chi connectivity index (χ1v) is 13.5. The zero-order valence-electron chi connectivity index (χ0n) is 23.9. The van der Waals surface area contributed by atoms with Crippen LogP contribution in [-0.4, -0.2) is 120 Å². The third kappa shape index (κ3) is 5.77. The van der Waals surface area contributed by atoms with Crippen molar-refractivity contribution in [2.45, 2.75) is 35.5 Å². The number of aldehydes is 1. The fraction of sp³-hybridized carbons (Fsp3) is 0.423. The number of imide groups is 1. The van der Waals surface area contributed by atoms with Gasteiger partial charge in [-0.2, -0.15) is 0 Å². The molecule has 14 heteroatoms. The molecular weight excluding hydrogens is 508 g/mol. The number of hydrogen-bond donors (Lipinski definition) is 4. The number of amides is 2. The number of piperidine rings is 1. The smallest absolute Gasteiger partial charge is 0.251 e. The minimum atomic E-state index is -2.20. The number of carbonyl (C=O) groups is 3. The molecular formula is C26H36B4N4O6. The molecule has 3 atom stereocenters. The SMILES string of the molecule is BC(B)(Nc1cccc(C=O)c1CN(C)C1C(=O)NC(=O)C(B)(O)C1(B)O)c1ccccc1CN1CCOCC1. The number of morpholine rings is 1. The van der Waals surface area contributed by atoms with Crippen molar-refractivity contribution in [3.8, 4) is 0 Å². The zero-order chi connectivity index (χ0) is 29.3. The normalized spacial score (nSPS) is 25.9. The lowest BCUT2D eigenvalue weighted by Gasteiger charge is -2.49. The highest BCUT2D eigenvalue weighted by atomic mass is 16.5. The van der Waals surface area contributed by atoms with Crippen molar-refractivity contribution in [3.63, 3.8) is 0 Å². The van der Waals surface area contributed by atoms with Crippen LogP contribution in [0.25, 0.3) is 0 Å². The zero-order valence-corrected chi connectivity index (χ0v) is 23.9. The van der Waals surface area contributed by atoms with Crippen molar-refractivity contribution < 1.29 is 29.3 Å². The molecule has 2 aromatic carbocycles. The van der Waals surface area contributed by atoms with Crippen LogP contribution >= 0.6 is 0 Å².